The first-order valence-electron chi connectivity index (χ1n) is 9.54. The summed E-state index contributed by atoms with van der Waals surface area (Å²) < 4.78 is 14.0. The van der Waals surface area contributed by atoms with Crippen molar-refractivity contribution in [2.45, 2.75) is 12.5 Å². The molecule has 0 spiro atoms. The zero-order valence-electron chi connectivity index (χ0n) is 16.1. The van der Waals surface area contributed by atoms with Gasteiger partial charge >= 0.3 is 0 Å². The van der Waals surface area contributed by atoms with E-state index in [2.05, 4.69) is 27.2 Å². The Labute approximate surface area is 172 Å². The van der Waals surface area contributed by atoms with Crippen molar-refractivity contribution in [3.8, 4) is 0 Å². The van der Waals surface area contributed by atoms with Gasteiger partial charge in [-0.25, -0.2) is 14.4 Å². The fourth-order valence-corrected chi connectivity index (χ4v) is 3.41. The SMILES string of the molecule is C=CC(=O)Nc1ccc(C(=O)N2CCC(Nc3ncc4cccc(F)c4n3)C2)cc1. The molecule has 8 heteroatoms. The summed E-state index contributed by atoms with van der Waals surface area (Å²) in [5.74, 6) is -0.451. The van der Waals surface area contributed by atoms with Crippen molar-refractivity contribution in [3.63, 3.8) is 0 Å². The smallest absolute Gasteiger partial charge is 0.253 e. The van der Waals surface area contributed by atoms with Crippen LogP contribution in [0.1, 0.15) is 16.8 Å². The number of nitrogens with zero attached hydrogens (tertiary/aromatic N) is 3. The molecule has 0 radical (unpaired) electrons. The van der Waals surface area contributed by atoms with Crippen LogP contribution in [0.3, 0.4) is 0 Å². The summed E-state index contributed by atoms with van der Waals surface area (Å²) >= 11 is 0. The van der Waals surface area contributed by atoms with Crippen LogP contribution in [0, 0.1) is 5.82 Å². The molecule has 1 atom stereocenters. The molecule has 2 amide bonds. The highest BCUT2D eigenvalue weighted by atomic mass is 19.1. The zero-order chi connectivity index (χ0) is 21.1. The zero-order valence-corrected chi connectivity index (χ0v) is 16.1. The molecule has 1 saturated heterocycles. The normalized spacial score (nSPS) is 15.8. The van der Waals surface area contributed by atoms with Gasteiger partial charge < -0.3 is 15.5 Å². The number of hydrogen-bond acceptors (Lipinski definition) is 5. The number of nitrogens with one attached hydrogen (secondary N) is 2. The molecular formula is C22H20FN5O2. The van der Waals surface area contributed by atoms with Gasteiger partial charge in [0, 0.05) is 42.0 Å². The summed E-state index contributed by atoms with van der Waals surface area (Å²) in [5.41, 5.74) is 1.40. The molecule has 2 N–H and O–H groups in total. The maximum atomic E-state index is 14.0. The van der Waals surface area contributed by atoms with Gasteiger partial charge in [0.05, 0.1) is 0 Å². The molecule has 1 unspecified atom stereocenters. The Hall–Kier alpha value is -3.81. The first-order valence-corrected chi connectivity index (χ1v) is 9.54. The molecule has 3 aromatic rings. The van der Waals surface area contributed by atoms with Crippen molar-refractivity contribution >= 4 is 34.4 Å². The van der Waals surface area contributed by atoms with E-state index < -0.39 is 5.82 Å². The summed E-state index contributed by atoms with van der Waals surface area (Å²) in [5, 5.41) is 6.48. The molecule has 2 heterocycles. The van der Waals surface area contributed by atoms with E-state index in [0.717, 1.165) is 6.42 Å². The number of anilines is 2. The minimum atomic E-state index is -0.395. The summed E-state index contributed by atoms with van der Waals surface area (Å²) in [6.07, 6.45) is 3.50. The van der Waals surface area contributed by atoms with Gasteiger partial charge in [0.2, 0.25) is 11.9 Å². The maximum absolute atomic E-state index is 14.0. The molecule has 0 aliphatic carbocycles. The Bertz CT molecular complexity index is 1120. The monoisotopic (exact) mass is 405 g/mol. The molecule has 1 aliphatic heterocycles. The van der Waals surface area contributed by atoms with Gasteiger partial charge in [0.15, 0.2) is 0 Å². The molecule has 0 saturated carbocycles. The van der Waals surface area contributed by atoms with E-state index in [-0.39, 0.29) is 23.4 Å². The molecule has 4 rings (SSSR count). The van der Waals surface area contributed by atoms with Crippen LogP contribution < -0.4 is 10.6 Å². The lowest BCUT2D eigenvalue weighted by atomic mass is 10.2. The Kier molecular flexibility index (Phi) is 5.38. The number of carbonyl (C=O) groups is 2. The number of carbonyl (C=O) groups excluding carboxylic acids is 2. The second-order valence-electron chi connectivity index (χ2n) is 7.02. The molecule has 0 bridgehead atoms. The van der Waals surface area contributed by atoms with E-state index in [1.54, 1.807) is 47.5 Å². The highest BCUT2D eigenvalue weighted by Gasteiger charge is 2.27. The molecular weight excluding hydrogens is 385 g/mol. The number of hydrogen-bond donors (Lipinski definition) is 2. The molecule has 30 heavy (non-hydrogen) atoms. The number of para-hydroxylation sites is 1. The second-order valence-corrected chi connectivity index (χ2v) is 7.02. The summed E-state index contributed by atoms with van der Waals surface area (Å²) in [4.78, 5) is 34.4. The van der Waals surface area contributed by atoms with Gasteiger partial charge in [-0.2, -0.15) is 0 Å². The Morgan fingerprint density at radius 2 is 2.00 bits per heavy atom. The number of halogens is 1. The fraction of sp³-hybridized carbons (Fsp3) is 0.182. The van der Waals surface area contributed by atoms with E-state index >= 15 is 0 Å². The first kappa shape index (κ1) is 19.5. The van der Waals surface area contributed by atoms with Gasteiger partial charge in [-0.3, -0.25) is 9.59 Å². The van der Waals surface area contributed by atoms with Gasteiger partial charge in [-0.15, -0.1) is 0 Å². The van der Waals surface area contributed by atoms with Crippen LogP contribution in [0.2, 0.25) is 0 Å². The fourth-order valence-electron chi connectivity index (χ4n) is 3.41. The summed E-state index contributed by atoms with van der Waals surface area (Å²) in [7, 11) is 0. The van der Waals surface area contributed by atoms with Gasteiger partial charge in [-0.05, 0) is 42.8 Å². The topological polar surface area (TPSA) is 87.2 Å². The van der Waals surface area contributed by atoms with Crippen LogP contribution in [0.4, 0.5) is 16.0 Å². The number of likely N-dealkylation sites (tertiary alicyclic amines) is 1. The third kappa shape index (κ3) is 4.12. The van der Waals surface area contributed by atoms with E-state index in [9.17, 15) is 14.0 Å². The number of benzene rings is 2. The lowest BCUT2D eigenvalue weighted by Crippen LogP contribution is -2.31. The summed E-state index contributed by atoms with van der Waals surface area (Å²) in [6, 6.07) is 11.4. The molecule has 1 aliphatic rings. The summed E-state index contributed by atoms with van der Waals surface area (Å²) in [6.45, 7) is 4.49. The molecule has 2 aromatic carbocycles. The van der Waals surface area contributed by atoms with Gasteiger partial charge in [0.1, 0.15) is 11.3 Å². The number of fused-ring (bicyclic) bond motifs is 1. The number of amides is 2. The first-order chi connectivity index (χ1) is 14.5. The van der Waals surface area contributed by atoms with Gasteiger partial charge in [0.25, 0.3) is 5.91 Å². The average Bonchev–Trinajstić information content (AvgIpc) is 3.23. The van der Waals surface area contributed by atoms with Crippen molar-refractivity contribution in [1.29, 1.82) is 0 Å². The Morgan fingerprint density at radius 1 is 1.20 bits per heavy atom. The van der Waals surface area contributed by atoms with E-state index in [0.29, 0.717) is 35.7 Å². The van der Waals surface area contributed by atoms with E-state index in [1.807, 2.05) is 0 Å². The predicted octanol–water partition coefficient (Wildman–Crippen LogP) is 3.22. The van der Waals surface area contributed by atoms with E-state index in [1.165, 1.54) is 12.1 Å². The van der Waals surface area contributed by atoms with Gasteiger partial charge in [-0.1, -0.05) is 18.7 Å². The van der Waals surface area contributed by atoms with Crippen molar-refractivity contribution < 1.29 is 14.0 Å². The highest BCUT2D eigenvalue weighted by Crippen LogP contribution is 2.20. The van der Waals surface area contributed by atoms with Crippen molar-refractivity contribution in [2.75, 3.05) is 23.7 Å². The van der Waals surface area contributed by atoms with Crippen molar-refractivity contribution in [2.24, 2.45) is 0 Å². The molecule has 1 fully saturated rings. The second kappa shape index (κ2) is 8.28. The van der Waals surface area contributed by atoms with Crippen molar-refractivity contribution in [1.82, 2.24) is 14.9 Å². The standard InChI is InChI=1S/C22H20FN5O2/c1-2-19(29)25-16-8-6-14(7-9-16)21(30)28-11-10-17(13-28)26-22-24-12-15-4-3-5-18(23)20(15)27-22/h2-9,12,17H,1,10-11,13H2,(H,25,29)(H,24,26,27). The minimum absolute atomic E-state index is 0.0238. The Balaban J connectivity index is 1.39. The third-order valence-corrected chi connectivity index (χ3v) is 4.96. The van der Waals surface area contributed by atoms with E-state index in [4.69, 9.17) is 0 Å². The Morgan fingerprint density at radius 3 is 2.77 bits per heavy atom. The molecule has 7 nitrogen and oxygen atoms in total. The molecule has 152 valence electrons. The van der Waals surface area contributed by atoms with Crippen molar-refractivity contribution in [3.05, 3.63) is 72.7 Å². The van der Waals surface area contributed by atoms with Crippen LogP contribution in [0.25, 0.3) is 10.9 Å². The van der Waals surface area contributed by atoms with Crippen LogP contribution in [-0.4, -0.2) is 45.8 Å². The number of rotatable bonds is 5. The number of aromatic nitrogens is 2. The third-order valence-electron chi connectivity index (χ3n) is 4.96. The largest absolute Gasteiger partial charge is 0.350 e. The average molecular weight is 405 g/mol. The molecule has 1 aromatic heterocycles. The van der Waals surface area contributed by atoms with Crippen LogP contribution in [-0.2, 0) is 4.79 Å². The van der Waals surface area contributed by atoms with Crippen LogP contribution in [0.5, 0.6) is 0 Å². The highest BCUT2D eigenvalue weighted by molar-refractivity contribution is 5.99. The lowest BCUT2D eigenvalue weighted by molar-refractivity contribution is -0.111. The van der Waals surface area contributed by atoms with Crippen LogP contribution in [0.15, 0.2) is 61.3 Å². The van der Waals surface area contributed by atoms with Crippen LogP contribution >= 0.6 is 0 Å². The maximum Gasteiger partial charge on any atom is 0.253 e. The minimum Gasteiger partial charge on any atom is -0.350 e. The quantitative estimate of drug-likeness (QED) is 0.637. The predicted molar refractivity (Wildman–Crippen MR) is 113 cm³/mol. The lowest BCUT2D eigenvalue weighted by Gasteiger charge is -2.17.